The van der Waals surface area contributed by atoms with Crippen molar-refractivity contribution in [2.24, 2.45) is 0 Å². The number of aromatic carboxylic acids is 1. The predicted octanol–water partition coefficient (Wildman–Crippen LogP) is 3.00. The molecule has 0 aliphatic heterocycles. The Balaban J connectivity index is 1.93. The smallest absolute Gasteiger partial charge is 0.335 e. The van der Waals surface area contributed by atoms with Crippen LogP contribution in [0.3, 0.4) is 0 Å². The number of hydrogen-bond acceptors (Lipinski definition) is 4. The predicted molar refractivity (Wildman–Crippen MR) is 88.4 cm³/mol. The summed E-state index contributed by atoms with van der Waals surface area (Å²) in [4.78, 5) is 34.8. The molecule has 0 saturated carbocycles. The Morgan fingerprint density at radius 2 is 1.79 bits per heavy atom. The molecule has 6 heteroatoms. The molecule has 2 rings (SSSR count). The summed E-state index contributed by atoms with van der Waals surface area (Å²) in [7, 11) is 0. The maximum atomic E-state index is 12.0. The average Bonchev–Trinajstić information content (AvgIpc) is 2.52. The van der Waals surface area contributed by atoms with Gasteiger partial charge in [-0.15, -0.1) is 0 Å². The number of anilines is 1. The van der Waals surface area contributed by atoms with E-state index in [9.17, 15) is 19.5 Å². The van der Waals surface area contributed by atoms with E-state index in [4.69, 9.17) is 5.11 Å². The zero-order valence-electron chi connectivity index (χ0n) is 13.1. The van der Waals surface area contributed by atoms with E-state index in [2.05, 4.69) is 5.32 Å². The molecule has 0 aromatic heterocycles. The highest BCUT2D eigenvalue weighted by Gasteiger charge is 2.12. The third-order valence-corrected chi connectivity index (χ3v) is 3.49. The third-order valence-electron chi connectivity index (χ3n) is 3.49. The van der Waals surface area contributed by atoms with E-state index >= 15 is 0 Å². The number of hydrogen-bond donors (Lipinski definition) is 3. The number of benzene rings is 2. The van der Waals surface area contributed by atoms with Crippen molar-refractivity contribution in [3.63, 3.8) is 0 Å². The summed E-state index contributed by atoms with van der Waals surface area (Å²) >= 11 is 0. The minimum atomic E-state index is -1.03. The van der Waals surface area contributed by atoms with Crippen molar-refractivity contribution >= 4 is 23.3 Å². The maximum absolute atomic E-state index is 12.0. The third kappa shape index (κ3) is 4.42. The number of phenols is 1. The molecule has 0 fully saturated rings. The zero-order chi connectivity index (χ0) is 17.7. The van der Waals surface area contributed by atoms with Gasteiger partial charge in [-0.2, -0.15) is 0 Å². The molecular formula is C18H17NO5. The van der Waals surface area contributed by atoms with Gasteiger partial charge in [0.05, 0.1) is 5.56 Å². The highest BCUT2D eigenvalue weighted by molar-refractivity contribution is 6.00. The molecule has 0 radical (unpaired) electrons. The lowest BCUT2D eigenvalue weighted by Gasteiger charge is -2.08. The standard InChI is InChI=1S/C18H17NO5/c1-11-9-13(5-6-15(11)18(23)24)19-17(22)8-7-16(21)12-3-2-4-14(20)10-12/h2-6,9-10,20H,7-8H2,1H3,(H,19,22)(H,23,24). The lowest BCUT2D eigenvalue weighted by Crippen LogP contribution is -2.14. The minimum Gasteiger partial charge on any atom is -0.508 e. The van der Waals surface area contributed by atoms with Crippen LogP contribution in [0, 0.1) is 6.92 Å². The molecule has 0 aliphatic rings. The largest absolute Gasteiger partial charge is 0.508 e. The number of carbonyl (C=O) groups excluding carboxylic acids is 2. The summed E-state index contributed by atoms with van der Waals surface area (Å²) in [5.74, 6) is -1.61. The molecule has 0 unspecified atom stereocenters. The quantitative estimate of drug-likeness (QED) is 0.708. The highest BCUT2D eigenvalue weighted by Crippen LogP contribution is 2.17. The molecule has 2 aromatic carbocycles. The van der Waals surface area contributed by atoms with Crippen LogP contribution < -0.4 is 5.32 Å². The Hall–Kier alpha value is -3.15. The van der Waals surface area contributed by atoms with Gasteiger partial charge in [0.1, 0.15) is 5.75 Å². The number of amides is 1. The molecule has 1 amide bonds. The lowest BCUT2D eigenvalue weighted by molar-refractivity contribution is -0.116. The fraction of sp³-hybridized carbons (Fsp3) is 0.167. The van der Waals surface area contributed by atoms with Crippen LogP contribution in [-0.2, 0) is 4.79 Å². The SMILES string of the molecule is Cc1cc(NC(=O)CCC(=O)c2cccc(O)c2)ccc1C(=O)O. The zero-order valence-corrected chi connectivity index (χ0v) is 13.1. The molecule has 0 atom stereocenters. The van der Waals surface area contributed by atoms with E-state index in [-0.39, 0.29) is 35.8 Å². The number of carboxylic acid groups (broad SMARTS) is 1. The van der Waals surface area contributed by atoms with Crippen LogP contribution in [0.5, 0.6) is 5.75 Å². The molecule has 124 valence electrons. The first kappa shape index (κ1) is 17.2. The average molecular weight is 327 g/mol. The van der Waals surface area contributed by atoms with Gasteiger partial charge >= 0.3 is 5.97 Å². The van der Waals surface area contributed by atoms with Gasteiger partial charge in [0.15, 0.2) is 5.78 Å². The van der Waals surface area contributed by atoms with Crippen molar-refractivity contribution < 1.29 is 24.6 Å². The number of aromatic hydroxyl groups is 1. The first-order chi connectivity index (χ1) is 11.4. The first-order valence-corrected chi connectivity index (χ1v) is 7.33. The lowest BCUT2D eigenvalue weighted by atomic mass is 10.1. The second-order valence-corrected chi connectivity index (χ2v) is 5.36. The summed E-state index contributed by atoms with van der Waals surface area (Å²) in [6.07, 6.45) is 0.00962. The summed E-state index contributed by atoms with van der Waals surface area (Å²) in [5.41, 5.74) is 1.54. The van der Waals surface area contributed by atoms with Crippen molar-refractivity contribution in [2.75, 3.05) is 5.32 Å². The number of carbonyl (C=O) groups is 3. The van der Waals surface area contributed by atoms with Crippen molar-refractivity contribution in [3.8, 4) is 5.75 Å². The second kappa shape index (κ2) is 7.41. The van der Waals surface area contributed by atoms with Crippen molar-refractivity contribution in [2.45, 2.75) is 19.8 Å². The number of Topliss-reactive ketones (excluding diaryl/α,β-unsaturated/α-hetero) is 1. The van der Waals surface area contributed by atoms with Crippen molar-refractivity contribution in [1.29, 1.82) is 0 Å². The Morgan fingerprint density at radius 3 is 2.42 bits per heavy atom. The topological polar surface area (TPSA) is 104 Å². The fourth-order valence-corrected chi connectivity index (χ4v) is 2.26. The van der Waals surface area contributed by atoms with Crippen LogP contribution >= 0.6 is 0 Å². The molecule has 6 nitrogen and oxygen atoms in total. The Labute approximate surface area is 138 Å². The van der Waals surface area contributed by atoms with E-state index in [1.807, 2.05) is 0 Å². The fourth-order valence-electron chi connectivity index (χ4n) is 2.26. The van der Waals surface area contributed by atoms with Crippen molar-refractivity contribution in [3.05, 3.63) is 59.2 Å². The van der Waals surface area contributed by atoms with Gasteiger partial charge in [-0.1, -0.05) is 12.1 Å². The Morgan fingerprint density at radius 1 is 1.04 bits per heavy atom. The maximum Gasteiger partial charge on any atom is 0.335 e. The number of nitrogens with one attached hydrogen (secondary N) is 1. The van der Waals surface area contributed by atoms with Gasteiger partial charge in [-0.05, 0) is 42.8 Å². The van der Waals surface area contributed by atoms with E-state index in [1.54, 1.807) is 25.1 Å². The molecule has 0 heterocycles. The number of phenolic OH excluding ortho intramolecular Hbond substituents is 1. The normalized spacial score (nSPS) is 10.2. The number of aryl methyl sites for hydroxylation is 1. The van der Waals surface area contributed by atoms with Gasteiger partial charge in [0, 0.05) is 24.1 Å². The number of rotatable bonds is 6. The molecule has 24 heavy (non-hydrogen) atoms. The number of carboxylic acids is 1. The molecule has 0 aliphatic carbocycles. The van der Waals surface area contributed by atoms with E-state index < -0.39 is 5.97 Å². The van der Waals surface area contributed by atoms with Crippen LogP contribution in [0.1, 0.15) is 39.1 Å². The highest BCUT2D eigenvalue weighted by atomic mass is 16.4. The van der Waals surface area contributed by atoms with Gasteiger partial charge in [-0.3, -0.25) is 9.59 Å². The second-order valence-electron chi connectivity index (χ2n) is 5.36. The summed E-state index contributed by atoms with van der Waals surface area (Å²) in [6, 6.07) is 10.5. The Kier molecular flexibility index (Phi) is 5.31. The monoisotopic (exact) mass is 327 g/mol. The molecule has 0 bridgehead atoms. The van der Waals surface area contributed by atoms with E-state index in [0.717, 1.165) is 0 Å². The first-order valence-electron chi connectivity index (χ1n) is 7.33. The Bertz CT molecular complexity index is 798. The molecule has 2 aromatic rings. The van der Waals surface area contributed by atoms with Gasteiger partial charge in [-0.25, -0.2) is 4.79 Å². The van der Waals surface area contributed by atoms with Crippen LogP contribution in [0.25, 0.3) is 0 Å². The van der Waals surface area contributed by atoms with Crippen molar-refractivity contribution in [1.82, 2.24) is 0 Å². The van der Waals surface area contributed by atoms with Gasteiger partial charge in [0.25, 0.3) is 0 Å². The van der Waals surface area contributed by atoms with E-state index in [0.29, 0.717) is 16.8 Å². The van der Waals surface area contributed by atoms with E-state index in [1.165, 1.54) is 24.3 Å². The van der Waals surface area contributed by atoms with Crippen LogP contribution in [0.4, 0.5) is 5.69 Å². The molecule has 0 saturated heterocycles. The molecule has 0 spiro atoms. The molecular weight excluding hydrogens is 310 g/mol. The summed E-state index contributed by atoms with van der Waals surface area (Å²) < 4.78 is 0. The molecule has 3 N–H and O–H groups in total. The van der Waals surface area contributed by atoms with Crippen LogP contribution in [0.15, 0.2) is 42.5 Å². The van der Waals surface area contributed by atoms with Gasteiger partial charge in [0.2, 0.25) is 5.91 Å². The minimum absolute atomic E-state index is 0.000651. The summed E-state index contributed by atoms with van der Waals surface area (Å²) in [6.45, 7) is 1.64. The summed E-state index contributed by atoms with van der Waals surface area (Å²) in [5, 5.41) is 21.0. The number of ketones is 1. The van der Waals surface area contributed by atoms with Gasteiger partial charge < -0.3 is 15.5 Å². The van der Waals surface area contributed by atoms with Crippen LogP contribution in [-0.4, -0.2) is 27.9 Å². The van der Waals surface area contributed by atoms with Crippen LogP contribution in [0.2, 0.25) is 0 Å².